The second-order valence-electron chi connectivity index (χ2n) is 5.08. The van der Waals surface area contributed by atoms with E-state index < -0.39 is 12.0 Å². The molecule has 0 saturated heterocycles. The summed E-state index contributed by atoms with van der Waals surface area (Å²) in [5.74, 6) is -1.30. The molecule has 0 aliphatic rings. The zero-order valence-electron chi connectivity index (χ0n) is 11.8. The third-order valence-electron chi connectivity index (χ3n) is 3.38. The first kappa shape index (κ1) is 15.1. The van der Waals surface area contributed by atoms with Gasteiger partial charge in [0.05, 0.1) is 12.1 Å². The molecule has 2 aromatic rings. The summed E-state index contributed by atoms with van der Waals surface area (Å²) < 4.78 is 0. The molecule has 0 radical (unpaired) electrons. The minimum absolute atomic E-state index is 0.116. The van der Waals surface area contributed by atoms with Gasteiger partial charge in [0, 0.05) is 17.6 Å². The van der Waals surface area contributed by atoms with Gasteiger partial charge in [0.25, 0.3) is 0 Å². The van der Waals surface area contributed by atoms with Gasteiger partial charge in [-0.3, -0.25) is 9.59 Å². The highest BCUT2D eigenvalue weighted by atomic mass is 16.4. The van der Waals surface area contributed by atoms with Crippen LogP contribution in [0.1, 0.15) is 31.5 Å². The molecule has 21 heavy (non-hydrogen) atoms. The average molecular weight is 289 g/mol. The number of amides is 1. The number of carbonyl (C=O) groups excluding carboxylic acids is 1. The number of fused-ring (bicyclic) bond motifs is 1. The monoisotopic (exact) mass is 289 g/mol. The van der Waals surface area contributed by atoms with Crippen molar-refractivity contribution in [1.29, 1.82) is 0 Å². The Bertz CT molecular complexity index is 617. The number of hydrogen-bond donors (Lipinski definition) is 4. The van der Waals surface area contributed by atoms with Crippen molar-refractivity contribution in [3.8, 4) is 0 Å². The number of H-pyrrole nitrogens is 1. The molecule has 6 nitrogen and oxygen atoms in total. The largest absolute Gasteiger partial charge is 0.481 e. The Hall–Kier alpha value is -2.34. The lowest BCUT2D eigenvalue weighted by molar-refractivity contribution is -0.137. The van der Waals surface area contributed by atoms with E-state index >= 15 is 0 Å². The van der Waals surface area contributed by atoms with Gasteiger partial charge in [0.2, 0.25) is 5.91 Å². The van der Waals surface area contributed by atoms with Crippen LogP contribution in [0.3, 0.4) is 0 Å². The maximum Gasteiger partial charge on any atom is 0.303 e. The van der Waals surface area contributed by atoms with Gasteiger partial charge in [-0.25, -0.2) is 0 Å². The van der Waals surface area contributed by atoms with Crippen molar-refractivity contribution in [1.82, 2.24) is 10.3 Å². The molecule has 6 heteroatoms. The first-order chi connectivity index (χ1) is 9.97. The van der Waals surface area contributed by atoms with Gasteiger partial charge in [-0.1, -0.05) is 18.2 Å². The molecule has 0 spiro atoms. The van der Waals surface area contributed by atoms with E-state index in [1.54, 1.807) is 0 Å². The highest BCUT2D eigenvalue weighted by molar-refractivity contribution is 5.83. The van der Waals surface area contributed by atoms with Crippen LogP contribution in [-0.4, -0.2) is 28.0 Å². The minimum Gasteiger partial charge on any atom is -0.481 e. The molecule has 1 aromatic carbocycles. The normalized spacial score (nSPS) is 13.8. The van der Waals surface area contributed by atoms with E-state index in [-0.39, 0.29) is 24.8 Å². The number of aromatic amines is 1. The van der Waals surface area contributed by atoms with Gasteiger partial charge in [-0.05, 0) is 30.9 Å². The number of hydrogen-bond acceptors (Lipinski definition) is 3. The summed E-state index contributed by atoms with van der Waals surface area (Å²) in [6, 6.07) is 8.78. The summed E-state index contributed by atoms with van der Waals surface area (Å²) in [4.78, 5) is 25.6. The Kier molecular flexibility index (Phi) is 4.59. The van der Waals surface area contributed by atoms with Crippen molar-refractivity contribution in [2.75, 3.05) is 0 Å². The van der Waals surface area contributed by atoms with Crippen LogP contribution < -0.4 is 11.1 Å². The van der Waals surface area contributed by atoms with Crippen molar-refractivity contribution < 1.29 is 14.7 Å². The number of carboxylic acid groups (broad SMARTS) is 1. The molecular formula is C15H19N3O3. The zero-order valence-corrected chi connectivity index (χ0v) is 11.8. The first-order valence-electron chi connectivity index (χ1n) is 6.83. The Morgan fingerprint density at radius 2 is 2.10 bits per heavy atom. The standard InChI is InChI=1S/C15H19N3O3/c1-9(17-15(21)11(16)6-7-14(19)20)13-8-10-4-2-3-5-12(10)18-13/h2-5,8-9,11,18H,6-7,16H2,1H3,(H,17,21)(H,19,20)/t9?,11-/m0/s1. The molecular weight excluding hydrogens is 270 g/mol. The summed E-state index contributed by atoms with van der Waals surface area (Å²) in [6.07, 6.45) is 0.00986. The number of nitrogens with one attached hydrogen (secondary N) is 2. The van der Waals surface area contributed by atoms with E-state index in [9.17, 15) is 9.59 Å². The van der Waals surface area contributed by atoms with Crippen molar-refractivity contribution in [2.45, 2.75) is 31.8 Å². The Labute approximate surface area is 122 Å². The van der Waals surface area contributed by atoms with Crippen molar-refractivity contribution in [3.63, 3.8) is 0 Å². The van der Waals surface area contributed by atoms with E-state index in [0.717, 1.165) is 16.6 Å². The number of benzene rings is 1. The Morgan fingerprint density at radius 1 is 1.38 bits per heavy atom. The molecule has 5 N–H and O–H groups in total. The van der Waals surface area contributed by atoms with Crippen molar-refractivity contribution in [3.05, 3.63) is 36.0 Å². The van der Waals surface area contributed by atoms with E-state index in [1.165, 1.54) is 0 Å². The van der Waals surface area contributed by atoms with E-state index in [0.29, 0.717) is 0 Å². The number of carboxylic acids is 1. The number of rotatable bonds is 6. The third-order valence-corrected chi connectivity index (χ3v) is 3.38. The third kappa shape index (κ3) is 3.82. The molecule has 1 heterocycles. The van der Waals surface area contributed by atoms with Crippen LogP contribution in [0.2, 0.25) is 0 Å². The maximum absolute atomic E-state index is 11.9. The van der Waals surface area contributed by atoms with Gasteiger partial charge < -0.3 is 21.1 Å². The van der Waals surface area contributed by atoms with E-state index in [1.807, 2.05) is 37.3 Å². The lowest BCUT2D eigenvalue weighted by atomic mass is 10.1. The molecule has 0 aliphatic heterocycles. The van der Waals surface area contributed by atoms with Gasteiger partial charge in [0.1, 0.15) is 0 Å². The molecule has 0 bridgehead atoms. The number of nitrogens with two attached hydrogens (primary N) is 1. The number of para-hydroxylation sites is 1. The van der Waals surface area contributed by atoms with Crippen LogP contribution in [0.25, 0.3) is 10.9 Å². The zero-order chi connectivity index (χ0) is 15.4. The highest BCUT2D eigenvalue weighted by Crippen LogP contribution is 2.19. The topological polar surface area (TPSA) is 108 Å². The number of aromatic nitrogens is 1. The first-order valence-corrected chi connectivity index (χ1v) is 6.83. The number of carbonyl (C=O) groups is 2. The van der Waals surface area contributed by atoms with Crippen LogP contribution in [0.15, 0.2) is 30.3 Å². The summed E-state index contributed by atoms with van der Waals surface area (Å²) in [7, 11) is 0. The second kappa shape index (κ2) is 6.41. The molecule has 0 aliphatic carbocycles. The molecule has 2 rings (SSSR count). The fourth-order valence-electron chi connectivity index (χ4n) is 2.14. The lowest BCUT2D eigenvalue weighted by Gasteiger charge is -2.16. The second-order valence-corrected chi connectivity index (χ2v) is 5.08. The fourth-order valence-corrected chi connectivity index (χ4v) is 2.14. The Balaban J connectivity index is 1.98. The van der Waals surface area contributed by atoms with Crippen molar-refractivity contribution >= 4 is 22.8 Å². The number of aliphatic carboxylic acids is 1. The fraction of sp³-hybridized carbons (Fsp3) is 0.333. The summed E-state index contributed by atoms with van der Waals surface area (Å²) in [6.45, 7) is 1.85. The van der Waals surface area contributed by atoms with E-state index in [2.05, 4.69) is 10.3 Å². The van der Waals surface area contributed by atoms with E-state index in [4.69, 9.17) is 10.8 Å². The summed E-state index contributed by atoms with van der Waals surface area (Å²) >= 11 is 0. The van der Waals surface area contributed by atoms with Crippen LogP contribution in [0.5, 0.6) is 0 Å². The molecule has 2 atom stereocenters. The van der Waals surface area contributed by atoms with Gasteiger partial charge in [-0.2, -0.15) is 0 Å². The predicted molar refractivity (Wildman–Crippen MR) is 79.7 cm³/mol. The van der Waals surface area contributed by atoms with Crippen LogP contribution >= 0.6 is 0 Å². The van der Waals surface area contributed by atoms with Crippen molar-refractivity contribution in [2.24, 2.45) is 5.73 Å². The lowest BCUT2D eigenvalue weighted by Crippen LogP contribution is -2.41. The van der Waals surface area contributed by atoms with Crippen LogP contribution in [0.4, 0.5) is 0 Å². The Morgan fingerprint density at radius 3 is 2.76 bits per heavy atom. The van der Waals surface area contributed by atoms with Gasteiger partial charge >= 0.3 is 5.97 Å². The molecule has 1 unspecified atom stereocenters. The SMILES string of the molecule is CC(NC(=O)[C@@H](N)CCC(=O)O)c1cc2ccccc2[nH]1. The minimum atomic E-state index is -0.957. The highest BCUT2D eigenvalue weighted by Gasteiger charge is 2.18. The smallest absolute Gasteiger partial charge is 0.303 e. The molecule has 1 amide bonds. The molecule has 0 saturated carbocycles. The summed E-state index contributed by atoms with van der Waals surface area (Å²) in [5.41, 5.74) is 7.57. The molecule has 0 fully saturated rings. The predicted octanol–water partition coefficient (Wildman–Crippen LogP) is 1.54. The van der Waals surface area contributed by atoms with Gasteiger partial charge in [-0.15, -0.1) is 0 Å². The van der Waals surface area contributed by atoms with Crippen LogP contribution in [0, 0.1) is 0 Å². The van der Waals surface area contributed by atoms with Crippen LogP contribution in [-0.2, 0) is 9.59 Å². The quantitative estimate of drug-likeness (QED) is 0.646. The maximum atomic E-state index is 11.9. The van der Waals surface area contributed by atoms with Gasteiger partial charge in [0.15, 0.2) is 0 Å². The molecule has 1 aromatic heterocycles. The average Bonchev–Trinajstić information content (AvgIpc) is 2.88. The molecule has 112 valence electrons. The summed E-state index contributed by atoms with van der Waals surface area (Å²) in [5, 5.41) is 12.5.